The number of aromatic nitrogens is 1. The summed E-state index contributed by atoms with van der Waals surface area (Å²) >= 11 is 0. The van der Waals surface area contributed by atoms with Gasteiger partial charge < -0.3 is 19.2 Å². The number of Topliss-reactive ketones (excluding diaryl/α,β-unsaturated/α-hetero) is 1. The second kappa shape index (κ2) is 9.02. The summed E-state index contributed by atoms with van der Waals surface area (Å²) in [5, 5.41) is 0. The van der Waals surface area contributed by atoms with E-state index in [0.29, 0.717) is 22.6 Å². The van der Waals surface area contributed by atoms with Gasteiger partial charge in [-0.15, -0.1) is 0 Å². The average molecular weight is 373 g/mol. The van der Waals surface area contributed by atoms with Crippen LogP contribution in [0.15, 0.2) is 30.3 Å². The third kappa shape index (κ3) is 4.97. The molecule has 0 aliphatic heterocycles. The topological polar surface area (TPSA) is 94.7 Å². The fourth-order valence-electron chi connectivity index (χ4n) is 2.62. The van der Waals surface area contributed by atoms with E-state index in [1.54, 1.807) is 52.0 Å². The summed E-state index contributed by atoms with van der Waals surface area (Å²) in [5.41, 5.74) is 1.55. The summed E-state index contributed by atoms with van der Waals surface area (Å²) in [6.45, 7) is 6.36. The van der Waals surface area contributed by atoms with E-state index in [1.807, 2.05) is 6.07 Å². The highest BCUT2D eigenvalue weighted by Gasteiger charge is 2.24. The lowest BCUT2D eigenvalue weighted by atomic mass is 10.1. The summed E-state index contributed by atoms with van der Waals surface area (Å²) in [6.07, 6.45) is -0.859. The predicted octanol–water partition coefficient (Wildman–Crippen LogP) is 3.00. The van der Waals surface area contributed by atoms with Gasteiger partial charge in [0.05, 0.1) is 17.9 Å². The van der Waals surface area contributed by atoms with Crippen LogP contribution in [-0.4, -0.2) is 42.0 Å². The van der Waals surface area contributed by atoms with E-state index in [-0.39, 0.29) is 12.3 Å². The number of para-hydroxylation sites is 1. The number of aryl methyl sites for hydroxylation is 1. The van der Waals surface area contributed by atoms with Gasteiger partial charge in [-0.25, -0.2) is 9.59 Å². The third-order valence-corrected chi connectivity index (χ3v) is 3.93. The van der Waals surface area contributed by atoms with Gasteiger partial charge in [-0.05, 0) is 45.4 Å². The molecule has 1 N–H and O–H groups in total. The number of benzene rings is 1. The monoisotopic (exact) mass is 373 g/mol. The van der Waals surface area contributed by atoms with E-state index in [1.165, 1.54) is 0 Å². The third-order valence-electron chi connectivity index (χ3n) is 3.93. The molecule has 1 aromatic heterocycles. The molecule has 1 heterocycles. The van der Waals surface area contributed by atoms with E-state index in [4.69, 9.17) is 14.2 Å². The first-order valence-electron chi connectivity index (χ1n) is 8.63. The number of esters is 2. The van der Waals surface area contributed by atoms with Crippen molar-refractivity contribution in [2.45, 2.75) is 33.8 Å². The van der Waals surface area contributed by atoms with Crippen LogP contribution in [-0.2, 0) is 14.3 Å². The maximum absolute atomic E-state index is 12.4. The minimum Gasteiger partial charge on any atom is -0.479 e. The van der Waals surface area contributed by atoms with Crippen LogP contribution in [0.2, 0.25) is 0 Å². The van der Waals surface area contributed by atoms with Crippen LogP contribution in [0, 0.1) is 13.8 Å². The molecule has 0 aliphatic rings. The largest absolute Gasteiger partial charge is 0.479 e. The van der Waals surface area contributed by atoms with E-state index < -0.39 is 30.4 Å². The second-order valence-electron chi connectivity index (χ2n) is 5.95. The number of hydrogen-bond acceptors (Lipinski definition) is 6. The SMILES string of the molecule is CCOC(=O)c1c(C)[nH]c(C(=O)COC(=O)[C@@H](C)Oc2ccccc2)c1C. The number of ketones is 1. The first-order valence-corrected chi connectivity index (χ1v) is 8.63. The molecular formula is C20H23NO6. The van der Waals surface area contributed by atoms with Crippen LogP contribution >= 0.6 is 0 Å². The van der Waals surface area contributed by atoms with E-state index in [2.05, 4.69) is 4.98 Å². The number of H-pyrrole nitrogens is 1. The van der Waals surface area contributed by atoms with Crippen molar-refractivity contribution in [1.29, 1.82) is 0 Å². The molecule has 2 rings (SSSR count). The molecule has 0 radical (unpaired) electrons. The Hall–Kier alpha value is -3.09. The Bertz CT molecular complexity index is 824. The van der Waals surface area contributed by atoms with Crippen molar-refractivity contribution in [3.63, 3.8) is 0 Å². The molecule has 27 heavy (non-hydrogen) atoms. The summed E-state index contributed by atoms with van der Waals surface area (Å²) in [7, 11) is 0. The first-order chi connectivity index (χ1) is 12.8. The number of carbonyl (C=O) groups is 3. The molecule has 0 amide bonds. The van der Waals surface area contributed by atoms with Crippen LogP contribution in [0.3, 0.4) is 0 Å². The van der Waals surface area contributed by atoms with Gasteiger partial charge in [0.2, 0.25) is 5.78 Å². The number of carbonyl (C=O) groups excluding carboxylic acids is 3. The molecular weight excluding hydrogens is 350 g/mol. The molecule has 0 fully saturated rings. The van der Waals surface area contributed by atoms with Crippen molar-refractivity contribution < 1.29 is 28.6 Å². The Kier molecular flexibility index (Phi) is 6.76. The maximum atomic E-state index is 12.4. The molecule has 0 bridgehead atoms. The molecule has 144 valence electrons. The minimum absolute atomic E-state index is 0.222. The lowest BCUT2D eigenvalue weighted by Crippen LogP contribution is -2.28. The summed E-state index contributed by atoms with van der Waals surface area (Å²) in [4.78, 5) is 39.3. The van der Waals surface area contributed by atoms with Crippen molar-refractivity contribution in [3.8, 4) is 5.75 Å². The standard InChI is InChI=1S/C20H23NO6/c1-5-25-20(24)17-12(2)18(21-13(17)3)16(22)11-26-19(23)14(4)27-15-9-7-6-8-10-15/h6-10,14,21H,5,11H2,1-4H3/t14-/m1/s1. The van der Waals surface area contributed by atoms with Gasteiger partial charge in [0.15, 0.2) is 12.7 Å². The normalized spacial score (nSPS) is 11.6. The maximum Gasteiger partial charge on any atom is 0.347 e. The fourth-order valence-corrected chi connectivity index (χ4v) is 2.62. The van der Waals surface area contributed by atoms with Crippen LogP contribution in [0.4, 0.5) is 0 Å². The smallest absolute Gasteiger partial charge is 0.347 e. The molecule has 1 atom stereocenters. The Morgan fingerprint density at radius 3 is 2.37 bits per heavy atom. The molecule has 0 spiro atoms. The van der Waals surface area contributed by atoms with Gasteiger partial charge >= 0.3 is 11.9 Å². The minimum atomic E-state index is -0.859. The van der Waals surface area contributed by atoms with Crippen molar-refractivity contribution >= 4 is 17.7 Å². The molecule has 7 heteroatoms. The lowest BCUT2D eigenvalue weighted by Gasteiger charge is -2.13. The molecule has 1 aromatic carbocycles. The highest BCUT2D eigenvalue weighted by Crippen LogP contribution is 2.20. The highest BCUT2D eigenvalue weighted by molar-refractivity contribution is 6.02. The van der Waals surface area contributed by atoms with Crippen molar-refractivity contribution in [3.05, 3.63) is 52.8 Å². The summed E-state index contributed by atoms with van der Waals surface area (Å²) in [5.74, 6) is -1.06. The summed E-state index contributed by atoms with van der Waals surface area (Å²) in [6, 6.07) is 8.84. The molecule has 2 aromatic rings. The molecule has 0 unspecified atom stereocenters. The Labute approximate surface area is 157 Å². The first kappa shape index (κ1) is 20.2. The second-order valence-corrected chi connectivity index (χ2v) is 5.95. The number of aromatic amines is 1. The van der Waals surface area contributed by atoms with Crippen molar-refractivity contribution in [2.75, 3.05) is 13.2 Å². The Morgan fingerprint density at radius 1 is 1.07 bits per heavy atom. The fraction of sp³-hybridized carbons (Fsp3) is 0.350. The zero-order valence-corrected chi connectivity index (χ0v) is 15.8. The number of ether oxygens (including phenoxy) is 3. The van der Waals surface area contributed by atoms with Gasteiger partial charge in [-0.3, -0.25) is 4.79 Å². The zero-order valence-electron chi connectivity index (χ0n) is 15.8. The zero-order chi connectivity index (χ0) is 20.0. The van der Waals surface area contributed by atoms with Crippen molar-refractivity contribution in [2.24, 2.45) is 0 Å². The van der Waals surface area contributed by atoms with Gasteiger partial charge in [0.1, 0.15) is 5.75 Å². The predicted molar refractivity (Wildman–Crippen MR) is 98.0 cm³/mol. The quantitative estimate of drug-likeness (QED) is 0.565. The Morgan fingerprint density at radius 2 is 1.74 bits per heavy atom. The molecule has 0 saturated carbocycles. The highest BCUT2D eigenvalue weighted by atomic mass is 16.6. The van der Waals surface area contributed by atoms with Crippen LogP contribution in [0.25, 0.3) is 0 Å². The van der Waals surface area contributed by atoms with Crippen LogP contribution < -0.4 is 4.74 Å². The van der Waals surface area contributed by atoms with Crippen molar-refractivity contribution in [1.82, 2.24) is 4.98 Å². The average Bonchev–Trinajstić information content (AvgIpc) is 2.94. The van der Waals surface area contributed by atoms with Gasteiger partial charge in [-0.1, -0.05) is 18.2 Å². The van der Waals surface area contributed by atoms with Crippen LogP contribution in [0.5, 0.6) is 5.75 Å². The van der Waals surface area contributed by atoms with E-state index >= 15 is 0 Å². The van der Waals surface area contributed by atoms with E-state index in [0.717, 1.165) is 0 Å². The number of rotatable bonds is 8. The summed E-state index contributed by atoms with van der Waals surface area (Å²) < 4.78 is 15.5. The number of hydrogen-bond donors (Lipinski definition) is 1. The molecule has 0 saturated heterocycles. The molecule has 0 aliphatic carbocycles. The lowest BCUT2D eigenvalue weighted by molar-refractivity contribution is -0.149. The number of nitrogens with one attached hydrogen (secondary N) is 1. The van der Waals surface area contributed by atoms with Gasteiger partial charge in [0, 0.05) is 5.69 Å². The van der Waals surface area contributed by atoms with Crippen LogP contribution in [0.1, 0.15) is 46.0 Å². The van der Waals surface area contributed by atoms with Gasteiger partial charge in [0.25, 0.3) is 0 Å². The van der Waals surface area contributed by atoms with Gasteiger partial charge in [-0.2, -0.15) is 0 Å². The molecule has 7 nitrogen and oxygen atoms in total. The Balaban J connectivity index is 1.98. The van der Waals surface area contributed by atoms with E-state index in [9.17, 15) is 14.4 Å².